The number of hydrogen-bond donors (Lipinski definition) is 2. The highest BCUT2D eigenvalue weighted by molar-refractivity contribution is 5.75. The van der Waals surface area contributed by atoms with Gasteiger partial charge in [0.25, 0.3) is 0 Å². The second-order valence-electron chi connectivity index (χ2n) is 5.58. The van der Waals surface area contributed by atoms with Crippen molar-refractivity contribution < 1.29 is 18.3 Å². The van der Waals surface area contributed by atoms with Gasteiger partial charge in [-0.05, 0) is 54.2 Å². The number of primary amides is 1. The van der Waals surface area contributed by atoms with E-state index in [-0.39, 0.29) is 13.2 Å². The number of carbonyl (C=O) groups excluding carboxylic acids is 1. The third kappa shape index (κ3) is 5.96. The van der Waals surface area contributed by atoms with Gasteiger partial charge in [-0.15, -0.1) is 0 Å². The molecule has 128 valence electrons. The molecular formula is C18H20F2N2O2. The number of nitrogens with two attached hydrogens (primary N) is 2. The lowest BCUT2D eigenvalue weighted by atomic mass is 10.1. The summed E-state index contributed by atoms with van der Waals surface area (Å²) < 4.78 is 31.5. The van der Waals surface area contributed by atoms with Crippen molar-refractivity contribution in [3.63, 3.8) is 0 Å². The minimum atomic E-state index is -0.581. The Morgan fingerprint density at radius 2 is 1.62 bits per heavy atom. The first-order chi connectivity index (χ1) is 11.5. The van der Waals surface area contributed by atoms with Gasteiger partial charge in [0, 0.05) is 6.07 Å². The Hall–Kier alpha value is -2.47. The summed E-state index contributed by atoms with van der Waals surface area (Å²) in [5.41, 5.74) is 11.1. The smallest absolute Gasteiger partial charge is 0.231 e. The van der Waals surface area contributed by atoms with E-state index in [4.69, 9.17) is 10.5 Å². The molecule has 6 heteroatoms. The fourth-order valence-corrected chi connectivity index (χ4v) is 2.11. The highest BCUT2D eigenvalue weighted by Crippen LogP contribution is 2.40. The molecule has 1 aliphatic rings. The van der Waals surface area contributed by atoms with Gasteiger partial charge in [0.1, 0.15) is 24.0 Å². The molecular weight excluding hydrogens is 314 g/mol. The van der Waals surface area contributed by atoms with E-state index in [1.54, 1.807) is 0 Å². The molecule has 2 aromatic carbocycles. The van der Waals surface area contributed by atoms with Crippen molar-refractivity contribution in [3.05, 3.63) is 65.2 Å². The predicted octanol–water partition coefficient (Wildman–Crippen LogP) is 2.85. The lowest BCUT2D eigenvalue weighted by molar-refractivity contribution is -0.116. The summed E-state index contributed by atoms with van der Waals surface area (Å²) in [6.45, 7) is 0.109. The fraction of sp³-hybridized carbons (Fsp3) is 0.278. The van der Waals surface area contributed by atoms with E-state index >= 15 is 0 Å². The van der Waals surface area contributed by atoms with Crippen LogP contribution in [-0.4, -0.2) is 12.5 Å². The second-order valence-corrected chi connectivity index (χ2v) is 5.58. The summed E-state index contributed by atoms with van der Waals surface area (Å²) in [6, 6.07) is 11.3. The molecule has 0 saturated heterocycles. The predicted molar refractivity (Wildman–Crippen MR) is 87.4 cm³/mol. The summed E-state index contributed by atoms with van der Waals surface area (Å²) in [7, 11) is 0. The lowest BCUT2D eigenvalue weighted by Crippen LogP contribution is -2.21. The van der Waals surface area contributed by atoms with Crippen LogP contribution in [0.4, 0.5) is 8.78 Å². The van der Waals surface area contributed by atoms with Crippen molar-refractivity contribution in [3.8, 4) is 5.75 Å². The third-order valence-corrected chi connectivity index (χ3v) is 3.46. The number of ether oxygens (including phenoxy) is 1. The van der Waals surface area contributed by atoms with Gasteiger partial charge < -0.3 is 16.2 Å². The summed E-state index contributed by atoms with van der Waals surface area (Å²) in [5, 5.41) is 0. The van der Waals surface area contributed by atoms with Gasteiger partial charge >= 0.3 is 0 Å². The molecule has 0 spiro atoms. The van der Waals surface area contributed by atoms with Gasteiger partial charge in [-0.25, -0.2) is 8.78 Å². The topological polar surface area (TPSA) is 78.3 Å². The summed E-state index contributed by atoms with van der Waals surface area (Å²) >= 11 is 0. The molecule has 0 bridgehead atoms. The van der Waals surface area contributed by atoms with Crippen molar-refractivity contribution in [1.82, 2.24) is 0 Å². The van der Waals surface area contributed by atoms with E-state index in [1.165, 1.54) is 30.5 Å². The average Bonchev–Trinajstić information content (AvgIpc) is 3.38. The van der Waals surface area contributed by atoms with E-state index in [1.807, 2.05) is 12.1 Å². The van der Waals surface area contributed by atoms with Gasteiger partial charge in [-0.3, -0.25) is 4.79 Å². The molecule has 2 aromatic rings. The molecule has 0 atom stereocenters. The molecule has 0 heterocycles. The van der Waals surface area contributed by atoms with Crippen LogP contribution in [0, 0.1) is 11.6 Å². The molecule has 0 unspecified atom stereocenters. The minimum Gasteiger partial charge on any atom is -0.489 e. The molecule has 1 amide bonds. The average molecular weight is 334 g/mol. The Balaban J connectivity index is 0.000000368. The monoisotopic (exact) mass is 334 g/mol. The number of halogens is 2. The molecule has 1 aliphatic carbocycles. The largest absolute Gasteiger partial charge is 0.489 e. The van der Waals surface area contributed by atoms with Crippen molar-refractivity contribution in [2.24, 2.45) is 11.5 Å². The van der Waals surface area contributed by atoms with E-state index < -0.39 is 17.5 Å². The van der Waals surface area contributed by atoms with Crippen LogP contribution in [0.1, 0.15) is 29.9 Å². The lowest BCUT2D eigenvalue weighted by Gasteiger charge is -2.07. The van der Waals surface area contributed by atoms with Crippen molar-refractivity contribution >= 4 is 5.91 Å². The van der Waals surface area contributed by atoms with Gasteiger partial charge in [-0.2, -0.15) is 0 Å². The van der Waals surface area contributed by atoms with Crippen LogP contribution >= 0.6 is 0 Å². The second kappa shape index (κ2) is 8.40. The Bertz CT molecular complexity index is 666. The highest BCUT2D eigenvalue weighted by atomic mass is 19.1. The molecule has 1 saturated carbocycles. The van der Waals surface area contributed by atoms with Crippen molar-refractivity contribution in [1.29, 1.82) is 0 Å². The zero-order valence-electron chi connectivity index (χ0n) is 13.2. The zero-order chi connectivity index (χ0) is 17.5. The summed E-state index contributed by atoms with van der Waals surface area (Å²) in [4.78, 5) is 9.47. The first-order valence-corrected chi connectivity index (χ1v) is 7.64. The Morgan fingerprint density at radius 3 is 2.08 bits per heavy atom. The molecule has 0 radical (unpaired) electrons. The van der Waals surface area contributed by atoms with Crippen molar-refractivity contribution in [2.75, 3.05) is 6.54 Å². The first kappa shape index (κ1) is 17.9. The zero-order valence-corrected chi connectivity index (χ0v) is 13.2. The molecule has 0 aromatic heterocycles. The van der Waals surface area contributed by atoms with Crippen LogP contribution in [0.2, 0.25) is 0 Å². The van der Waals surface area contributed by atoms with E-state index in [0.29, 0.717) is 17.2 Å². The van der Waals surface area contributed by atoms with Crippen LogP contribution in [0.5, 0.6) is 5.75 Å². The number of benzene rings is 2. The Morgan fingerprint density at radius 1 is 1.08 bits per heavy atom. The van der Waals surface area contributed by atoms with Crippen molar-refractivity contribution in [2.45, 2.75) is 25.4 Å². The molecule has 4 nitrogen and oxygen atoms in total. The fourth-order valence-electron chi connectivity index (χ4n) is 2.11. The minimum absolute atomic E-state index is 0.0556. The number of amides is 1. The maximum absolute atomic E-state index is 13.0. The van der Waals surface area contributed by atoms with Gasteiger partial charge in [0.2, 0.25) is 5.91 Å². The molecule has 0 aliphatic heterocycles. The van der Waals surface area contributed by atoms with Crippen LogP contribution < -0.4 is 16.2 Å². The molecule has 24 heavy (non-hydrogen) atoms. The molecule has 4 N–H and O–H groups in total. The summed E-state index contributed by atoms with van der Waals surface area (Å²) in [5.74, 6) is -0.198. The molecule has 3 rings (SSSR count). The number of carbonyl (C=O) groups is 1. The van der Waals surface area contributed by atoms with Gasteiger partial charge in [0.05, 0.1) is 6.54 Å². The standard InChI is InChI=1S/C16H14F2O.C2H6N2O/c17-14-7-11(8-15(18)9-14)10-19-16-5-3-13(4-6-16)12-1-2-12;3-1-2(4)5/h3-9,12H,1-2,10H2;1,3H2,(H2,4,5). The quantitative estimate of drug-likeness (QED) is 0.882. The third-order valence-electron chi connectivity index (χ3n) is 3.46. The number of rotatable bonds is 5. The Kier molecular flexibility index (Phi) is 6.26. The number of hydrogen-bond acceptors (Lipinski definition) is 3. The Labute approximate surface area is 139 Å². The first-order valence-electron chi connectivity index (χ1n) is 7.64. The molecule has 1 fully saturated rings. The van der Waals surface area contributed by atoms with Crippen LogP contribution in [0.3, 0.4) is 0 Å². The highest BCUT2D eigenvalue weighted by Gasteiger charge is 2.22. The van der Waals surface area contributed by atoms with E-state index in [2.05, 4.69) is 17.9 Å². The van der Waals surface area contributed by atoms with Gasteiger partial charge in [-0.1, -0.05) is 12.1 Å². The van der Waals surface area contributed by atoms with Crippen LogP contribution in [0.15, 0.2) is 42.5 Å². The maximum atomic E-state index is 13.0. The van der Waals surface area contributed by atoms with Crippen LogP contribution in [-0.2, 0) is 11.4 Å². The van der Waals surface area contributed by atoms with E-state index in [9.17, 15) is 13.6 Å². The van der Waals surface area contributed by atoms with Gasteiger partial charge in [0.15, 0.2) is 0 Å². The SMILES string of the molecule is Fc1cc(F)cc(COc2ccc(C3CC3)cc2)c1.NCC(N)=O. The summed E-state index contributed by atoms with van der Waals surface area (Å²) in [6.07, 6.45) is 2.53. The van der Waals surface area contributed by atoms with E-state index in [0.717, 1.165) is 6.07 Å². The van der Waals surface area contributed by atoms with Crippen LogP contribution in [0.25, 0.3) is 0 Å². The maximum Gasteiger partial charge on any atom is 0.231 e. The normalized spacial score (nSPS) is 13.0.